The van der Waals surface area contributed by atoms with E-state index in [1.54, 1.807) is 12.3 Å². The van der Waals surface area contributed by atoms with Crippen molar-refractivity contribution in [3.63, 3.8) is 0 Å². The number of pyridine rings is 2. The third kappa shape index (κ3) is 7.28. The van der Waals surface area contributed by atoms with E-state index in [9.17, 15) is 4.39 Å². The van der Waals surface area contributed by atoms with E-state index in [2.05, 4.69) is 118 Å². The number of fused-ring (bicyclic) bond motifs is 4. The Morgan fingerprint density at radius 3 is 2.24 bits per heavy atom. The van der Waals surface area contributed by atoms with Gasteiger partial charge in [0.15, 0.2) is 5.65 Å². The second kappa shape index (κ2) is 15.4. The Hall–Kier alpha value is -4.97. The van der Waals surface area contributed by atoms with Crippen LogP contribution in [-0.2, 0) is 25.5 Å². The fourth-order valence-electron chi connectivity index (χ4n) is 6.81. The number of benzene rings is 4. The molecular weight excluding hydrogens is 848 g/mol. The molecule has 0 amide bonds. The van der Waals surface area contributed by atoms with Crippen molar-refractivity contribution in [3.05, 3.63) is 143 Å². The van der Waals surface area contributed by atoms with Gasteiger partial charge in [-0.3, -0.25) is 9.37 Å². The average Bonchev–Trinajstić information content (AvgIpc) is 3.74. The summed E-state index contributed by atoms with van der Waals surface area (Å²) >= 11 is 0. The third-order valence-electron chi connectivity index (χ3n) is 9.66. The predicted molar refractivity (Wildman–Crippen MR) is 215 cm³/mol. The number of hydrogen-bond donors (Lipinski definition) is 0. The molecule has 8 aromatic rings. The fourth-order valence-corrected chi connectivity index (χ4v) is 6.81. The van der Waals surface area contributed by atoms with Gasteiger partial charge < -0.3 is 14.0 Å². The number of para-hydroxylation sites is 2. The first kappa shape index (κ1) is 34.8. The fraction of sp³-hybridized carbons (Fsp3) is 0.255. The Morgan fingerprint density at radius 2 is 1.59 bits per heavy atom. The smallest absolute Gasteiger partial charge is 0.168 e. The third-order valence-corrected chi connectivity index (χ3v) is 9.66. The Labute approximate surface area is 335 Å². The molecule has 0 bridgehead atoms. The molecule has 0 saturated heterocycles. The van der Waals surface area contributed by atoms with Crippen molar-refractivity contribution < 1.29 is 33.0 Å². The molecule has 0 unspecified atom stereocenters. The number of nitrogens with zero attached hydrogens (tertiary/aromatic N) is 4. The van der Waals surface area contributed by atoms with Crippen LogP contribution in [-0.4, -0.2) is 19.5 Å². The molecule has 8 rings (SSSR count). The molecule has 0 spiro atoms. The Bertz CT molecular complexity index is 2680. The number of imidazole rings is 1. The number of rotatable bonds is 5. The summed E-state index contributed by atoms with van der Waals surface area (Å²) < 4.78 is 44.6. The molecule has 0 aliphatic rings. The summed E-state index contributed by atoms with van der Waals surface area (Å²) in [4.78, 5) is 14.0. The van der Waals surface area contributed by atoms with Crippen LogP contribution in [0, 0.1) is 31.7 Å². The molecule has 0 atom stereocenters. The van der Waals surface area contributed by atoms with Crippen LogP contribution < -0.4 is 0 Å². The van der Waals surface area contributed by atoms with Gasteiger partial charge in [-0.25, -0.2) is 4.98 Å². The van der Waals surface area contributed by atoms with E-state index in [0.717, 1.165) is 61.7 Å². The van der Waals surface area contributed by atoms with Gasteiger partial charge in [0, 0.05) is 53.5 Å². The largest absolute Gasteiger partial charge is 0.501 e. The van der Waals surface area contributed by atoms with Gasteiger partial charge in [0.05, 0.1) is 16.9 Å². The van der Waals surface area contributed by atoms with Crippen molar-refractivity contribution in [2.24, 2.45) is 0 Å². The van der Waals surface area contributed by atoms with E-state index in [1.165, 1.54) is 22.9 Å². The number of aromatic nitrogens is 4. The monoisotopic (exact) mass is 896 g/mol. The number of halogens is 1. The Morgan fingerprint density at radius 1 is 0.852 bits per heavy atom. The minimum Gasteiger partial charge on any atom is -0.501 e. The van der Waals surface area contributed by atoms with E-state index >= 15 is 0 Å². The summed E-state index contributed by atoms with van der Waals surface area (Å²) in [5.41, 5.74) is 10.8. The molecule has 54 heavy (non-hydrogen) atoms. The van der Waals surface area contributed by atoms with E-state index in [1.807, 2.05) is 36.5 Å². The van der Waals surface area contributed by atoms with Crippen LogP contribution in [0.5, 0.6) is 0 Å². The maximum absolute atomic E-state index is 14.1. The van der Waals surface area contributed by atoms with Gasteiger partial charge in [0.2, 0.25) is 0 Å². The van der Waals surface area contributed by atoms with Crippen LogP contribution in [0.4, 0.5) is 4.39 Å². The molecule has 0 saturated carbocycles. The zero-order valence-electron chi connectivity index (χ0n) is 34.8. The first-order chi connectivity index (χ1) is 26.5. The van der Waals surface area contributed by atoms with Crippen molar-refractivity contribution in [1.29, 1.82) is 0 Å². The SMILES string of the molecule is Cc1ccnc2nc(-c3[c-]ccc4c3oc3ccccc34)n(-c3c(C(C)C)cccc3C(C)C)c12.[2H]C([2H])([2H])c1c[c-]c(-c2ccc(C(C)(C)C)cn2)c(F)c1.[Ir]. The number of furan rings is 1. The summed E-state index contributed by atoms with van der Waals surface area (Å²) in [6.07, 6.45) is 3.54. The molecule has 1 radical (unpaired) electrons. The minimum atomic E-state index is -2.33. The second-order valence-corrected chi connectivity index (χ2v) is 15.2. The number of hydrogen-bond acceptors (Lipinski definition) is 4. The topological polar surface area (TPSA) is 56.7 Å². The van der Waals surface area contributed by atoms with E-state index < -0.39 is 12.7 Å². The predicted octanol–water partition coefficient (Wildman–Crippen LogP) is 12.6. The summed E-state index contributed by atoms with van der Waals surface area (Å²) in [6.45, 7) is 15.0. The molecule has 277 valence electrons. The van der Waals surface area contributed by atoms with Gasteiger partial charge in [-0.1, -0.05) is 120 Å². The molecule has 0 N–H and O–H groups in total. The van der Waals surface area contributed by atoms with Crippen LogP contribution in [0.1, 0.15) is 92.2 Å². The first-order valence-electron chi connectivity index (χ1n) is 19.5. The van der Waals surface area contributed by atoms with Crippen LogP contribution in [0.2, 0.25) is 0 Å². The average molecular weight is 896 g/mol. The van der Waals surface area contributed by atoms with E-state index in [4.69, 9.17) is 13.5 Å². The van der Waals surface area contributed by atoms with Crippen molar-refractivity contribution >= 4 is 33.1 Å². The normalized spacial score (nSPS) is 12.8. The molecular formula is C47H45FIrN4O-2. The van der Waals surface area contributed by atoms with Crippen LogP contribution in [0.15, 0.2) is 102 Å². The zero-order chi connectivity index (χ0) is 40.1. The molecule has 7 heteroatoms. The quantitative estimate of drug-likeness (QED) is 0.162. The molecule has 4 aromatic heterocycles. The van der Waals surface area contributed by atoms with Crippen molar-refractivity contribution in [2.75, 3.05) is 0 Å². The Kier molecular flexibility index (Phi) is 9.92. The van der Waals surface area contributed by atoms with Crippen molar-refractivity contribution in [3.8, 4) is 28.3 Å². The van der Waals surface area contributed by atoms with Gasteiger partial charge in [0.1, 0.15) is 5.58 Å². The Balaban J connectivity index is 0.000000215. The summed E-state index contributed by atoms with van der Waals surface area (Å²) in [5.74, 6) is 0.870. The first-order valence-corrected chi connectivity index (χ1v) is 18.0. The van der Waals surface area contributed by atoms with Crippen molar-refractivity contribution in [1.82, 2.24) is 19.5 Å². The minimum absolute atomic E-state index is 0. The zero-order valence-corrected chi connectivity index (χ0v) is 34.2. The molecule has 0 aliphatic carbocycles. The standard InChI is InChI=1S/C31H28N3O.C16H17FN.Ir/c1-18(2)21-11-8-12-22(19(3)4)28(21)34-27-20(5)16-17-32-30(27)33-31(34)25-14-9-13-24-23-10-6-7-15-26(23)35-29(24)25;1-11-5-7-13(14(17)9-11)15-8-6-12(10-18-15)16(2,3)4;/h6-13,15-19H,1-5H3;5-6,8-10H,1-4H3;/q2*-1;/i;1D3;. The van der Waals surface area contributed by atoms with Gasteiger partial charge >= 0.3 is 0 Å². The van der Waals surface area contributed by atoms with Crippen LogP contribution >= 0.6 is 0 Å². The molecule has 5 nitrogen and oxygen atoms in total. The summed E-state index contributed by atoms with van der Waals surface area (Å²) in [7, 11) is 0. The maximum Gasteiger partial charge on any atom is 0.168 e. The van der Waals surface area contributed by atoms with Gasteiger partial charge in [-0.05, 0) is 64.3 Å². The van der Waals surface area contributed by atoms with Crippen molar-refractivity contribution in [2.45, 2.75) is 79.5 Å². The van der Waals surface area contributed by atoms with Gasteiger partial charge in [-0.2, -0.15) is 0 Å². The molecule has 0 aliphatic heterocycles. The van der Waals surface area contributed by atoms with E-state index in [0.29, 0.717) is 17.5 Å². The van der Waals surface area contributed by atoms with E-state index in [-0.39, 0.29) is 36.6 Å². The molecule has 4 heterocycles. The maximum atomic E-state index is 14.1. The van der Waals surface area contributed by atoms with Crippen LogP contribution in [0.25, 0.3) is 61.4 Å². The number of aryl methyl sites for hydroxylation is 2. The molecule has 4 aromatic carbocycles. The van der Waals surface area contributed by atoms with Gasteiger partial charge in [-0.15, -0.1) is 42.0 Å². The van der Waals surface area contributed by atoms with Crippen LogP contribution in [0.3, 0.4) is 0 Å². The summed E-state index contributed by atoms with van der Waals surface area (Å²) in [6, 6.07) is 33.0. The molecule has 0 fully saturated rings. The second-order valence-electron chi connectivity index (χ2n) is 15.2. The summed E-state index contributed by atoms with van der Waals surface area (Å²) in [5, 5.41) is 2.17. The van der Waals surface area contributed by atoms with Gasteiger partial charge in [0.25, 0.3) is 0 Å².